The van der Waals surface area contributed by atoms with E-state index >= 15 is 0 Å². The van der Waals surface area contributed by atoms with E-state index < -0.39 is 0 Å². The number of thioether (sulfide) groups is 1. The van der Waals surface area contributed by atoms with E-state index in [1.165, 1.54) is 0 Å². The summed E-state index contributed by atoms with van der Waals surface area (Å²) in [5.41, 5.74) is 4.03. The van der Waals surface area contributed by atoms with E-state index in [4.69, 9.17) is 0 Å². The van der Waals surface area contributed by atoms with E-state index in [0.29, 0.717) is 18.1 Å². The standard InChI is InChI=1S/C23H25N3OS/c1-16(2)19-11-7-8-12-20(19)26-22(27)13-14-28-23-15-21(24-17(3)25-23)18-9-5-4-6-10-18/h4-12,15-16H,13-14H2,1-3H3,(H,26,27). The summed E-state index contributed by atoms with van der Waals surface area (Å²) in [5.74, 6) is 1.79. The molecule has 0 unspecified atom stereocenters. The van der Waals surface area contributed by atoms with Crippen LogP contribution in [-0.2, 0) is 4.79 Å². The van der Waals surface area contributed by atoms with Gasteiger partial charge < -0.3 is 5.32 Å². The minimum atomic E-state index is 0.0228. The number of nitrogens with one attached hydrogen (secondary N) is 1. The van der Waals surface area contributed by atoms with Gasteiger partial charge in [-0.3, -0.25) is 4.79 Å². The molecule has 0 atom stereocenters. The Morgan fingerprint density at radius 2 is 1.75 bits per heavy atom. The smallest absolute Gasteiger partial charge is 0.225 e. The zero-order valence-corrected chi connectivity index (χ0v) is 17.3. The summed E-state index contributed by atoms with van der Waals surface area (Å²) in [6.07, 6.45) is 0.431. The van der Waals surface area contributed by atoms with E-state index in [-0.39, 0.29) is 5.91 Å². The fourth-order valence-electron chi connectivity index (χ4n) is 2.95. The lowest BCUT2D eigenvalue weighted by molar-refractivity contribution is -0.115. The Labute approximate surface area is 170 Å². The Kier molecular flexibility index (Phi) is 6.82. The highest BCUT2D eigenvalue weighted by atomic mass is 32.2. The van der Waals surface area contributed by atoms with Crippen LogP contribution in [0, 0.1) is 6.92 Å². The van der Waals surface area contributed by atoms with Crippen LogP contribution in [0.4, 0.5) is 5.69 Å². The second-order valence-corrected chi connectivity index (χ2v) is 8.01. The molecule has 2 aromatic carbocycles. The predicted molar refractivity (Wildman–Crippen MR) is 117 cm³/mol. The largest absolute Gasteiger partial charge is 0.326 e. The fraction of sp³-hybridized carbons (Fsp3) is 0.261. The van der Waals surface area contributed by atoms with Crippen LogP contribution in [0.3, 0.4) is 0 Å². The lowest BCUT2D eigenvalue weighted by atomic mass is 10.0. The molecule has 0 saturated carbocycles. The normalized spacial score (nSPS) is 10.9. The van der Waals surface area contributed by atoms with Gasteiger partial charge in [0.2, 0.25) is 5.91 Å². The van der Waals surface area contributed by atoms with Crippen molar-refractivity contribution in [3.05, 3.63) is 72.1 Å². The van der Waals surface area contributed by atoms with Crippen molar-refractivity contribution in [1.29, 1.82) is 0 Å². The Morgan fingerprint density at radius 1 is 1.04 bits per heavy atom. The van der Waals surface area contributed by atoms with Crippen molar-refractivity contribution in [3.63, 3.8) is 0 Å². The Morgan fingerprint density at radius 3 is 2.50 bits per heavy atom. The quantitative estimate of drug-likeness (QED) is 0.415. The highest BCUT2D eigenvalue weighted by Crippen LogP contribution is 2.25. The average Bonchev–Trinajstić information content (AvgIpc) is 2.68. The lowest BCUT2D eigenvalue weighted by Gasteiger charge is -2.13. The summed E-state index contributed by atoms with van der Waals surface area (Å²) < 4.78 is 0. The van der Waals surface area contributed by atoms with E-state index in [1.807, 2.05) is 61.5 Å². The maximum absolute atomic E-state index is 12.4. The van der Waals surface area contributed by atoms with E-state index in [2.05, 4.69) is 35.2 Å². The van der Waals surface area contributed by atoms with Gasteiger partial charge in [0.1, 0.15) is 10.9 Å². The van der Waals surface area contributed by atoms with Gasteiger partial charge in [-0.2, -0.15) is 0 Å². The molecule has 0 radical (unpaired) electrons. The van der Waals surface area contributed by atoms with Gasteiger partial charge in [-0.15, -0.1) is 11.8 Å². The van der Waals surface area contributed by atoms with E-state index in [0.717, 1.165) is 33.4 Å². The third-order valence-electron chi connectivity index (χ3n) is 4.32. The number of carbonyl (C=O) groups is 1. The fourth-order valence-corrected chi connectivity index (χ4v) is 3.83. The van der Waals surface area contributed by atoms with E-state index in [9.17, 15) is 4.79 Å². The molecule has 0 aliphatic heterocycles. The molecule has 144 valence electrons. The summed E-state index contributed by atoms with van der Waals surface area (Å²) in [6, 6.07) is 20.0. The van der Waals surface area contributed by atoms with Crippen LogP contribution in [0.2, 0.25) is 0 Å². The number of amides is 1. The van der Waals surface area contributed by atoms with Gasteiger partial charge in [-0.1, -0.05) is 62.4 Å². The molecule has 0 fully saturated rings. The second-order valence-electron chi connectivity index (χ2n) is 6.89. The lowest BCUT2D eigenvalue weighted by Crippen LogP contribution is -2.14. The molecule has 1 heterocycles. The summed E-state index contributed by atoms with van der Waals surface area (Å²) in [4.78, 5) is 21.4. The number of anilines is 1. The summed E-state index contributed by atoms with van der Waals surface area (Å²) in [6.45, 7) is 6.15. The molecular weight excluding hydrogens is 366 g/mol. The number of nitrogens with zero attached hydrogens (tertiary/aromatic N) is 2. The van der Waals surface area contributed by atoms with Gasteiger partial charge in [-0.25, -0.2) is 9.97 Å². The molecule has 28 heavy (non-hydrogen) atoms. The monoisotopic (exact) mass is 391 g/mol. The number of hydrogen-bond donors (Lipinski definition) is 1. The first kappa shape index (κ1) is 20.1. The SMILES string of the molecule is Cc1nc(SCCC(=O)Nc2ccccc2C(C)C)cc(-c2ccccc2)n1. The zero-order valence-electron chi connectivity index (χ0n) is 16.5. The molecule has 0 aliphatic rings. The minimum Gasteiger partial charge on any atom is -0.326 e. The third kappa shape index (κ3) is 5.42. The van der Waals surface area contributed by atoms with Crippen LogP contribution in [0.25, 0.3) is 11.3 Å². The molecule has 0 spiro atoms. The Bertz CT molecular complexity index is 942. The van der Waals surface area contributed by atoms with Gasteiger partial charge >= 0.3 is 0 Å². The van der Waals surface area contributed by atoms with Crippen molar-refractivity contribution in [2.75, 3.05) is 11.1 Å². The van der Waals surface area contributed by atoms with Crippen LogP contribution in [0.1, 0.15) is 37.6 Å². The molecular formula is C23H25N3OS. The summed E-state index contributed by atoms with van der Waals surface area (Å²) in [7, 11) is 0. The van der Waals surface area contributed by atoms with Crippen molar-refractivity contribution in [3.8, 4) is 11.3 Å². The molecule has 3 rings (SSSR count). The zero-order chi connectivity index (χ0) is 19.9. The average molecular weight is 392 g/mol. The molecule has 0 aliphatic carbocycles. The number of hydrogen-bond acceptors (Lipinski definition) is 4. The number of para-hydroxylation sites is 1. The summed E-state index contributed by atoms with van der Waals surface area (Å²) >= 11 is 1.58. The highest BCUT2D eigenvalue weighted by Gasteiger charge is 2.10. The first-order chi connectivity index (χ1) is 13.5. The molecule has 0 saturated heterocycles. The van der Waals surface area contributed by atoms with Gasteiger partial charge in [0.15, 0.2) is 0 Å². The maximum atomic E-state index is 12.4. The number of aromatic nitrogens is 2. The molecule has 3 aromatic rings. The van der Waals surface area contributed by atoms with Gasteiger partial charge in [0.25, 0.3) is 0 Å². The number of rotatable bonds is 7. The van der Waals surface area contributed by atoms with Crippen LogP contribution < -0.4 is 5.32 Å². The molecule has 1 N–H and O–H groups in total. The van der Waals surface area contributed by atoms with Gasteiger partial charge in [0, 0.05) is 23.4 Å². The topological polar surface area (TPSA) is 54.9 Å². The van der Waals surface area contributed by atoms with Crippen LogP contribution in [0.15, 0.2) is 65.7 Å². The second kappa shape index (κ2) is 9.51. The molecule has 0 bridgehead atoms. The van der Waals surface area contributed by atoms with Gasteiger partial charge in [-0.05, 0) is 30.5 Å². The minimum absolute atomic E-state index is 0.0228. The van der Waals surface area contributed by atoms with Crippen molar-refractivity contribution in [1.82, 2.24) is 9.97 Å². The molecule has 1 amide bonds. The molecule has 4 nitrogen and oxygen atoms in total. The predicted octanol–water partition coefficient (Wildman–Crippen LogP) is 5.70. The van der Waals surface area contributed by atoms with Crippen LogP contribution >= 0.6 is 11.8 Å². The van der Waals surface area contributed by atoms with Crippen molar-refractivity contribution in [2.24, 2.45) is 0 Å². The van der Waals surface area contributed by atoms with Crippen LogP contribution in [-0.4, -0.2) is 21.6 Å². The van der Waals surface area contributed by atoms with Crippen LogP contribution in [0.5, 0.6) is 0 Å². The Balaban J connectivity index is 1.59. The molecule has 1 aromatic heterocycles. The van der Waals surface area contributed by atoms with E-state index in [1.54, 1.807) is 11.8 Å². The first-order valence-corrected chi connectivity index (χ1v) is 10.4. The highest BCUT2D eigenvalue weighted by molar-refractivity contribution is 7.99. The number of carbonyl (C=O) groups excluding carboxylic acids is 1. The maximum Gasteiger partial charge on any atom is 0.225 e. The Hall–Kier alpha value is -2.66. The van der Waals surface area contributed by atoms with Crippen molar-refractivity contribution >= 4 is 23.4 Å². The van der Waals surface area contributed by atoms with Gasteiger partial charge in [0.05, 0.1) is 5.69 Å². The number of benzene rings is 2. The first-order valence-electron chi connectivity index (χ1n) is 9.45. The van der Waals surface area contributed by atoms with Crippen molar-refractivity contribution in [2.45, 2.75) is 38.1 Å². The molecule has 5 heteroatoms. The third-order valence-corrected chi connectivity index (χ3v) is 5.23. The van der Waals surface area contributed by atoms with Crippen molar-refractivity contribution < 1.29 is 4.79 Å². The number of aryl methyl sites for hydroxylation is 1. The summed E-state index contributed by atoms with van der Waals surface area (Å²) in [5, 5.41) is 3.93.